The van der Waals surface area contributed by atoms with Crippen molar-refractivity contribution in [1.29, 1.82) is 0 Å². The fourth-order valence-electron chi connectivity index (χ4n) is 2.81. The van der Waals surface area contributed by atoms with E-state index in [1.807, 2.05) is 0 Å². The van der Waals surface area contributed by atoms with E-state index in [1.54, 1.807) is 0 Å². The maximum Gasteiger partial charge on any atom is 0.238 e. The summed E-state index contributed by atoms with van der Waals surface area (Å²) in [6.07, 6.45) is 4.74. The van der Waals surface area contributed by atoms with Crippen molar-refractivity contribution in [3.63, 3.8) is 0 Å². The van der Waals surface area contributed by atoms with Gasteiger partial charge in [0.05, 0.1) is 12.2 Å². The third kappa shape index (κ3) is 3.59. The lowest BCUT2D eigenvalue weighted by Gasteiger charge is -2.28. The minimum absolute atomic E-state index is 0.0382. The second-order valence-corrected chi connectivity index (χ2v) is 6.15. The van der Waals surface area contributed by atoms with Crippen LogP contribution in [-0.4, -0.2) is 29.4 Å². The monoisotopic (exact) mass is 294 g/mol. The molecule has 2 fully saturated rings. The van der Waals surface area contributed by atoms with Crippen LogP contribution in [0.1, 0.15) is 32.6 Å². The minimum atomic E-state index is -0.739. The number of amides is 1. The van der Waals surface area contributed by atoms with Crippen molar-refractivity contribution >= 4 is 11.6 Å². The van der Waals surface area contributed by atoms with E-state index in [-0.39, 0.29) is 18.1 Å². The summed E-state index contributed by atoms with van der Waals surface area (Å²) in [5.74, 6) is -0.926. The number of halogens is 2. The smallest absolute Gasteiger partial charge is 0.238 e. The van der Waals surface area contributed by atoms with Gasteiger partial charge in [0.2, 0.25) is 5.91 Å². The summed E-state index contributed by atoms with van der Waals surface area (Å²) in [5.41, 5.74) is 0.0382. The zero-order valence-electron chi connectivity index (χ0n) is 12.1. The summed E-state index contributed by atoms with van der Waals surface area (Å²) in [5, 5.41) is 2.54. The Morgan fingerprint density at radius 1 is 1.33 bits per heavy atom. The van der Waals surface area contributed by atoms with Gasteiger partial charge in [-0.15, -0.1) is 0 Å². The average molecular weight is 294 g/mol. The number of benzene rings is 1. The quantitative estimate of drug-likeness (QED) is 0.874. The highest BCUT2D eigenvalue weighted by atomic mass is 19.1. The van der Waals surface area contributed by atoms with Crippen LogP contribution in [0.5, 0.6) is 0 Å². The van der Waals surface area contributed by atoms with Gasteiger partial charge in [0, 0.05) is 18.2 Å². The van der Waals surface area contributed by atoms with Crippen molar-refractivity contribution in [2.24, 2.45) is 5.92 Å². The van der Waals surface area contributed by atoms with Crippen LogP contribution in [0.3, 0.4) is 0 Å². The summed E-state index contributed by atoms with van der Waals surface area (Å²) >= 11 is 0. The van der Waals surface area contributed by atoms with Crippen molar-refractivity contribution in [3.05, 3.63) is 29.8 Å². The van der Waals surface area contributed by atoms with Crippen LogP contribution in [-0.2, 0) is 4.79 Å². The normalized spacial score (nSPS) is 19.6. The fourth-order valence-corrected chi connectivity index (χ4v) is 2.81. The van der Waals surface area contributed by atoms with Crippen molar-refractivity contribution in [1.82, 2.24) is 4.90 Å². The molecule has 0 radical (unpaired) electrons. The maximum atomic E-state index is 13.5. The molecule has 5 heteroatoms. The van der Waals surface area contributed by atoms with Crippen LogP contribution >= 0.6 is 0 Å². The van der Waals surface area contributed by atoms with E-state index < -0.39 is 11.6 Å². The molecule has 1 aromatic rings. The van der Waals surface area contributed by atoms with Crippen molar-refractivity contribution in [2.75, 3.05) is 11.9 Å². The Balaban J connectivity index is 1.61. The Bertz CT molecular complexity index is 541. The number of nitrogens with one attached hydrogen (secondary N) is 1. The molecule has 0 heterocycles. The maximum absolute atomic E-state index is 13.5. The van der Waals surface area contributed by atoms with E-state index in [4.69, 9.17) is 0 Å². The molecule has 0 spiro atoms. The van der Waals surface area contributed by atoms with Crippen LogP contribution in [0.4, 0.5) is 14.5 Å². The van der Waals surface area contributed by atoms with Gasteiger partial charge in [0.25, 0.3) is 0 Å². The Morgan fingerprint density at radius 2 is 2.05 bits per heavy atom. The molecule has 114 valence electrons. The highest BCUT2D eigenvalue weighted by Gasteiger charge is 2.39. The van der Waals surface area contributed by atoms with E-state index in [0.717, 1.165) is 25.0 Å². The highest BCUT2D eigenvalue weighted by molar-refractivity contribution is 5.92. The molecule has 0 aliphatic heterocycles. The zero-order valence-corrected chi connectivity index (χ0v) is 12.1. The molecule has 1 atom stereocenters. The van der Waals surface area contributed by atoms with Crippen molar-refractivity contribution in [2.45, 2.75) is 44.7 Å². The molecule has 21 heavy (non-hydrogen) atoms. The first kappa shape index (κ1) is 14.4. The predicted octanol–water partition coefficient (Wildman–Crippen LogP) is 3.17. The number of hydrogen-bond acceptors (Lipinski definition) is 2. The molecule has 0 unspecified atom stereocenters. The second kappa shape index (κ2) is 5.72. The van der Waals surface area contributed by atoms with Gasteiger partial charge in [-0.3, -0.25) is 9.69 Å². The first-order chi connectivity index (χ1) is 10.0. The van der Waals surface area contributed by atoms with Crippen LogP contribution in [0.2, 0.25) is 0 Å². The fraction of sp³-hybridized carbons (Fsp3) is 0.562. The van der Waals surface area contributed by atoms with Crippen LogP contribution in [0.15, 0.2) is 18.2 Å². The van der Waals surface area contributed by atoms with E-state index in [1.165, 1.54) is 18.9 Å². The summed E-state index contributed by atoms with van der Waals surface area (Å²) in [7, 11) is 0. The molecule has 3 rings (SSSR count). The Labute approximate surface area is 123 Å². The molecule has 0 bridgehead atoms. The molecule has 0 saturated heterocycles. The van der Waals surface area contributed by atoms with Crippen LogP contribution in [0, 0.1) is 17.6 Å². The molecule has 2 saturated carbocycles. The Kier molecular flexibility index (Phi) is 3.93. The highest BCUT2D eigenvalue weighted by Crippen LogP contribution is 2.39. The molecule has 0 aromatic heterocycles. The molecule has 2 aliphatic carbocycles. The van der Waals surface area contributed by atoms with Gasteiger partial charge in [-0.2, -0.15) is 0 Å². The van der Waals surface area contributed by atoms with E-state index >= 15 is 0 Å². The standard InChI is InChI=1S/C16H20F2N2O/c1-10(11-2-3-11)20(13-5-6-13)9-16(21)19-15-7-4-12(17)8-14(15)18/h4,7-8,10-11,13H,2-3,5-6,9H2,1H3,(H,19,21)/t10-/m1/s1. The number of carbonyl (C=O) groups excluding carboxylic acids is 1. The molecule has 1 N–H and O–H groups in total. The van der Waals surface area contributed by atoms with Gasteiger partial charge in [0.15, 0.2) is 0 Å². The lowest BCUT2D eigenvalue weighted by atomic mass is 10.1. The average Bonchev–Trinajstić information content (AvgIpc) is 3.28. The first-order valence-corrected chi connectivity index (χ1v) is 7.55. The molecule has 2 aliphatic rings. The number of anilines is 1. The van der Waals surface area contributed by atoms with Crippen molar-refractivity contribution < 1.29 is 13.6 Å². The SMILES string of the molecule is C[C@H](C1CC1)N(CC(=O)Nc1ccc(F)cc1F)C1CC1. The third-order valence-electron chi connectivity index (χ3n) is 4.37. The number of hydrogen-bond donors (Lipinski definition) is 1. The summed E-state index contributed by atoms with van der Waals surface area (Å²) in [6, 6.07) is 4.07. The Hall–Kier alpha value is -1.49. The van der Waals surface area contributed by atoms with E-state index in [0.29, 0.717) is 18.0 Å². The van der Waals surface area contributed by atoms with Crippen molar-refractivity contribution in [3.8, 4) is 0 Å². The number of nitrogens with zero attached hydrogens (tertiary/aromatic N) is 1. The van der Waals surface area contributed by atoms with Gasteiger partial charge < -0.3 is 5.32 Å². The van der Waals surface area contributed by atoms with Gasteiger partial charge >= 0.3 is 0 Å². The molecule has 1 aromatic carbocycles. The largest absolute Gasteiger partial charge is 0.322 e. The molecular weight excluding hydrogens is 274 g/mol. The predicted molar refractivity (Wildman–Crippen MR) is 76.9 cm³/mol. The third-order valence-corrected chi connectivity index (χ3v) is 4.37. The molecular formula is C16H20F2N2O. The topological polar surface area (TPSA) is 32.3 Å². The van der Waals surface area contributed by atoms with Gasteiger partial charge in [-0.05, 0) is 50.7 Å². The van der Waals surface area contributed by atoms with E-state index in [2.05, 4.69) is 17.1 Å². The lowest BCUT2D eigenvalue weighted by Crippen LogP contribution is -2.42. The van der Waals surface area contributed by atoms with Crippen LogP contribution < -0.4 is 5.32 Å². The Morgan fingerprint density at radius 3 is 2.62 bits per heavy atom. The minimum Gasteiger partial charge on any atom is -0.322 e. The van der Waals surface area contributed by atoms with Gasteiger partial charge in [-0.25, -0.2) is 8.78 Å². The van der Waals surface area contributed by atoms with Crippen LogP contribution in [0.25, 0.3) is 0 Å². The second-order valence-electron chi connectivity index (χ2n) is 6.15. The molecule has 1 amide bonds. The number of carbonyl (C=O) groups is 1. The first-order valence-electron chi connectivity index (χ1n) is 7.55. The summed E-state index contributed by atoms with van der Waals surface area (Å²) < 4.78 is 26.4. The number of rotatable bonds is 6. The lowest BCUT2D eigenvalue weighted by molar-refractivity contribution is -0.118. The zero-order chi connectivity index (χ0) is 15.0. The summed E-state index contributed by atoms with van der Waals surface area (Å²) in [4.78, 5) is 14.4. The van der Waals surface area contributed by atoms with Gasteiger partial charge in [-0.1, -0.05) is 0 Å². The van der Waals surface area contributed by atoms with Gasteiger partial charge in [0.1, 0.15) is 11.6 Å². The van der Waals surface area contributed by atoms with E-state index in [9.17, 15) is 13.6 Å². The summed E-state index contributed by atoms with van der Waals surface area (Å²) in [6.45, 7) is 2.45. The molecule has 3 nitrogen and oxygen atoms in total.